The lowest BCUT2D eigenvalue weighted by molar-refractivity contribution is -0.111. The largest absolute Gasteiger partial charge is 0.379 e. The van der Waals surface area contributed by atoms with E-state index in [4.69, 9.17) is 4.74 Å². The minimum absolute atomic E-state index is 0.0924. The Balaban J connectivity index is 1.91. The van der Waals surface area contributed by atoms with Crippen molar-refractivity contribution in [1.29, 1.82) is 0 Å². The quantitative estimate of drug-likeness (QED) is 0.647. The molecule has 0 saturated carbocycles. The van der Waals surface area contributed by atoms with E-state index in [1.54, 1.807) is 24.3 Å². The number of ketones is 1. The van der Waals surface area contributed by atoms with Gasteiger partial charge in [-0.25, -0.2) is 0 Å². The number of nitrogens with zero attached hydrogens (tertiary/aromatic N) is 1. The van der Waals surface area contributed by atoms with Crippen LogP contribution in [0.4, 0.5) is 5.69 Å². The van der Waals surface area contributed by atoms with E-state index in [1.807, 2.05) is 13.8 Å². The summed E-state index contributed by atoms with van der Waals surface area (Å²) in [5.74, 6) is -0.0854. The van der Waals surface area contributed by atoms with Crippen LogP contribution in [0.1, 0.15) is 30.6 Å². The normalized spacial score (nSPS) is 15.0. The van der Waals surface area contributed by atoms with E-state index in [0.29, 0.717) is 17.7 Å². The van der Waals surface area contributed by atoms with Gasteiger partial charge in [-0.3, -0.25) is 14.5 Å². The molecule has 1 aromatic rings. The highest BCUT2D eigenvalue weighted by Gasteiger charge is 2.13. The van der Waals surface area contributed by atoms with E-state index in [1.165, 1.54) is 6.08 Å². The Bertz CT molecular complexity index is 586. The Morgan fingerprint density at radius 1 is 1.26 bits per heavy atom. The SMILES string of the molecule is CC(C)=CC(=O)Nc1cccc(C(=O)CCN2CCOCC2)c1. The molecule has 0 aromatic heterocycles. The van der Waals surface area contributed by atoms with Crippen molar-refractivity contribution >= 4 is 17.4 Å². The average Bonchev–Trinajstić information content (AvgIpc) is 2.53. The minimum Gasteiger partial charge on any atom is -0.379 e. The first kappa shape index (κ1) is 17.4. The van der Waals surface area contributed by atoms with Crippen LogP contribution in [0, 0.1) is 0 Å². The van der Waals surface area contributed by atoms with Gasteiger partial charge in [-0.15, -0.1) is 0 Å². The Morgan fingerprint density at radius 2 is 2.00 bits per heavy atom. The van der Waals surface area contributed by atoms with Gasteiger partial charge in [0.25, 0.3) is 0 Å². The predicted molar refractivity (Wildman–Crippen MR) is 90.7 cm³/mol. The maximum atomic E-state index is 12.3. The highest BCUT2D eigenvalue weighted by molar-refractivity contribution is 6.01. The third kappa shape index (κ3) is 5.96. The lowest BCUT2D eigenvalue weighted by Crippen LogP contribution is -2.37. The number of ether oxygens (including phenoxy) is 1. The first-order valence-electron chi connectivity index (χ1n) is 7.94. The Labute approximate surface area is 137 Å². The van der Waals surface area contributed by atoms with Crippen LogP contribution in [0.2, 0.25) is 0 Å². The van der Waals surface area contributed by atoms with Gasteiger partial charge in [0.2, 0.25) is 5.91 Å². The van der Waals surface area contributed by atoms with Crippen LogP contribution in [0.5, 0.6) is 0 Å². The zero-order valence-corrected chi connectivity index (χ0v) is 13.8. The maximum Gasteiger partial charge on any atom is 0.248 e. The van der Waals surface area contributed by atoms with E-state index >= 15 is 0 Å². The van der Waals surface area contributed by atoms with Crippen molar-refractivity contribution in [2.24, 2.45) is 0 Å². The summed E-state index contributed by atoms with van der Waals surface area (Å²) in [5.41, 5.74) is 2.21. The number of carbonyl (C=O) groups excluding carboxylic acids is 2. The monoisotopic (exact) mass is 316 g/mol. The van der Waals surface area contributed by atoms with E-state index in [2.05, 4.69) is 10.2 Å². The molecule has 1 aromatic carbocycles. The molecule has 2 rings (SSSR count). The van der Waals surface area contributed by atoms with Gasteiger partial charge in [0.05, 0.1) is 13.2 Å². The molecule has 23 heavy (non-hydrogen) atoms. The van der Waals surface area contributed by atoms with Crippen molar-refractivity contribution in [3.8, 4) is 0 Å². The summed E-state index contributed by atoms with van der Waals surface area (Å²) in [6.07, 6.45) is 2.01. The van der Waals surface area contributed by atoms with E-state index in [9.17, 15) is 9.59 Å². The molecule has 0 atom stereocenters. The third-order valence-electron chi connectivity index (χ3n) is 3.63. The summed E-state index contributed by atoms with van der Waals surface area (Å²) in [7, 11) is 0. The van der Waals surface area contributed by atoms with Crippen molar-refractivity contribution in [2.45, 2.75) is 20.3 Å². The van der Waals surface area contributed by atoms with Gasteiger partial charge in [0.15, 0.2) is 5.78 Å². The summed E-state index contributed by atoms with van der Waals surface area (Å²) in [4.78, 5) is 26.3. The summed E-state index contributed by atoms with van der Waals surface area (Å²) in [6, 6.07) is 7.10. The molecule has 0 radical (unpaired) electrons. The minimum atomic E-state index is -0.178. The predicted octanol–water partition coefficient (Wildman–Crippen LogP) is 2.50. The molecule has 1 saturated heterocycles. The molecule has 1 N–H and O–H groups in total. The summed E-state index contributed by atoms with van der Waals surface area (Å²) in [6.45, 7) is 7.71. The number of nitrogens with one attached hydrogen (secondary N) is 1. The topological polar surface area (TPSA) is 58.6 Å². The number of Topliss-reactive ketones (excluding diaryl/α,β-unsaturated/α-hetero) is 1. The molecule has 1 heterocycles. The van der Waals surface area contributed by atoms with Gasteiger partial charge >= 0.3 is 0 Å². The van der Waals surface area contributed by atoms with Crippen molar-refractivity contribution in [3.05, 3.63) is 41.5 Å². The number of hydrogen-bond acceptors (Lipinski definition) is 4. The fourth-order valence-electron chi connectivity index (χ4n) is 2.44. The standard InChI is InChI=1S/C18H24N2O3/c1-14(2)12-18(22)19-16-5-3-4-15(13-16)17(21)6-7-20-8-10-23-11-9-20/h3-5,12-13H,6-11H2,1-2H3,(H,19,22). The van der Waals surface area contributed by atoms with Crippen molar-refractivity contribution in [3.63, 3.8) is 0 Å². The number of rotatable bonds is 6. The van der Waals surface area contributed by atoms with E-state index < -0.39 is 0 Å². The van der Waals surface area contributed by atoms with Crippen molar-refractivity contribution in [2.75, 3.05) is 38.2 Å². The second-order valence-corrected chi connectivity index (χ2v) is 5.92. The van der Waals surface area contributed by atoms with Crippen molar-refractivity contribution in [1.82, 2.24) is 4.90 Å². The van der Waals surface area contributed by atoms with Gasteiger partial charge in [-0.1, -0.05) is 17.7 Å². The highest BCUT2D eigenvalue weighted by Crippen LogP contribution is 2.13. The second kappa shape index (κ2) is 8.60. The third-order valence-corrected chi connectivity index (χ3v) is 3.63. The van der Waals surface area contributed by atoms with E-state index in [-0.39, 0.29) is 11.7 Å². The average molecular weight is 316 g/mol. The van der Waals surface area contributed by atoms with Crippen LogP contribution in [-0.2, 0) is 9.53 Å². The lowest BCUT2D eigenvalue weighted by atomic mass is 10.1. The van der Waals surface area contributed by atoms with Crippen LogP contribution >= 0.6 is 0 Å². The van der Waals surface area contributed by atoms with Crippen LogP contribution in [0.3, 0.4) is 0 Å². The fraction of sp³-hybridized carbons (Fsp3) is 0.444. The number of amides is 1. The molecule has 0 unspecified atom stereocenters. The molecule has 1 amide bonds. The number of allylic oxidation sites excluding steroid dienone is 1. The Morgan fingerprint density at radius 3 is 2.70 bits per heavy atom. The van der Waals surface area contributed by atoms with Crippen molar-refractivity contribution < 1.29 is 14.3 Å². The molecule has 5 nitrogen and oxygen atoms in total. The van der Waals surface area contributed by atoms with Gasteiger partial charge in [-0.05, 0) is 26.0 Å². The molecule has 124 valence electrons. The first-order chi connectivity index (χ1) is 11.0. The molecule has 1 fully saturated rings. The number of anilines is 1. The number of carbonyl (C=O) groups is 2. The summed E-state index contributed by atoms with van der Waals surface area (Å²) < 4.78 is 5.30. The molecule has 1 aliphatic heterocycles. The molecule has 0 spiro atoms. The Hall–Kier alpha value is -1.98. The van der Waals surface area contributed by atoms with Crippen LogP contribution < -0.4 is 5.32 Å². The molecule has 0 bridgehead atoms. The molecular weight excluding hydrogens is 292 g/mol. The van der Waals surface area contributed by atoms with Gasteiger partial charge in [0.1, 0.15) is 0 Å². The fourth-order valence-corrected chi connectivity index (χ4v) is 2.44. The zero-order valence-electron chi connectivity index (χ0n) is 13.8. The summed E-state index contributed by atoms with van der Waals surface area (Å²) >= 11 is 0. The lowest BCUT2D eigenvalue weighted by Gasteiger charge is -2.26. The first-order valence-corrected chi connectivity index (χ1v) is 7.94. The van der Waals surface area contributed by atoms with Gasteiger partial charge in [0, 0.05) is 43.4 Å². The van der Waals surface area contributed by atoms with Crippen LogP contribution in [0.15, 0.2) is 35.9 Å². The molecule has 0 aliphatic carbocycles. The Kier molecular flexibility index (Phi) is 6.50. The smallest absolute Gasteiger partial charge is 0.248 e. The highest BCUT2D eigenvalue weighted by atomic mass is 16.5. The molecule has 5 heteroatoms. The van der Waals surface area contributed by atoms with E-state index in [0.717, 1.165) is 38.4 Å². The second-order valence-electron chi connectivity index (χ2n) is 5.92. The summed E-state index contributed by atoms with van der Waals surface area (Å²) in [5, 5.41) is 2.78. The number of benzene rings is 1. The van der Waals surface area contributed by atoms with Gasteiger partial charge in [-0.2, -0.15) is 0 Å². The maximum absolute atomic E-state index is 12.3. The molecular formula is C18H24N2O3. The van der Waals surface area contributed by atoms with Crippen LogP contribution in [0.25, 0.3) is 0 Å². The number of hydrogen-bond donors (Lipinski definition) is 1. The van der Waals surface area contributed by atoms with Crippen LogP contribution in [-0.4, -0.2) is 49.4 Å². The zero-order chi connectivity index (χ0) is 16.7. The molecule has 1 aliphatic rings. The van der Waals surface area contributed by atoms with Gasteiger partial charge < -0.3 is 10.1 Å². The number of morpholine rings is 1.